The monoisotopic (exact) mass is 595 g/mol. The second kappa shape index (κ2) is 13.4. The molecule has 1 aliphatic heterocycles. The van der Waals surface area contributed by atoms with E-state index in [-0.39, 0.29) is 6.10 Å². The van der Waals surface area contributed by atoms with Crippen LogP contribution in [0.1, 0.15) is 48.6 Å². The molecule has 2 heterocycles. The summed E-state index contributed by atoms with van der Waals surface area (Å²) < 4.78 is 6.16. The van der Waals surface area contributed by atoms with Crippen LogP contribution in [0.3, 0.4) is 0 Å². The van der Waals surface area contributed by atoms with Gasteiger partial charge in [0.2, 0.25) is 0 Å². The van der Waals surface area contributed by atoms with Crippen LogP contribution in [-0.4, -0.2) is 42.5 Å². The second-order valence-electron chi connectivity index (χ2n) is 11.9. The second-order valence-corrected chi connectivity index (χ2v) is 11.9. The van der Waals surface area contributed by atoms with Crippen LogP contribution in [0.4, 0.5) is 11.5 Å². The number of piperazine rings is 1. The lowest BCUT2D eigenvalue weighted by Crippen LogP contribution is -2.49. The highest BCUT2D eigenvalue weighted by atomic mass is 16.5. The van der Waals surface area contributed by atoms with Gasteiger partial charge in [-0.1, -0.05) is 91.0 Å². The molecular weight excluding hydrogens is 554 g/mol. The summed E-state index contributed by atoms with van der Waals surface area (Å²) in [6.45, 7) is 8.90. The molecule has 0 amide bonds. The lowest BCUT2D eigenvalue weighted by atomic mass is 9.76. The molecular formula is C39H41N5O. The summed E-state index contributed by atoms with van der Waals surface area (Å²) in [4.78, 5) is 6.98. The summed E-state index contributed by atoms with van der Waals surface area (Å²) in [6, 6.07) is 42.0. The van der Waals surface area contributed by atoms with Crippen molar-refractivity contribution >= 4 is 17.2 Å². The van der Waals surface area contributed by atoms with Gasteiger partial charge in [-0.05, 0) is 67.8 Å². The van der Waals surface area contributed by atoms with Crippen molar-refractivity contribution < 1.29 is 4.74 Å². The molecule has 1 aromatic heterocycles. The molecule has 228 valence electrons. The molecule has 1 saturated heterocycles. The Morgan fingerprint density at radius 2 is 1.47 bits per heavy atom. The Hall–Kier alpha value is -4.94. The topological polar surface area (TPSA) is 73.3 Å². The van der Waals surface area contributed by atoms with E-state index in [0.717, 1.165) is 64.7 Å². The Kier molecular flexibility index (Phi) is 8.94. The molecule has 3 N–H and O–H groups in total. The summed E-state index contributed by atoms with van der Waals surface area (Å²) in [7, 11) is 0. The van der Waals surface area contributed by atoms with Gasteiger partial charge >= 0.3 is 0 Å². The van der Waals surface area contributed by atoms with Crippen LogP contribution in [0.5, 0.6) is 5.75 Å². The fourth-order valence-corrected chi connectivity index (χ4v) is 6.21. The highest BCUT2D eigenvalue weighted by Gasteiger charge is 2.37. The lowest BCUT2D eigenvalue weighted by molar-refractivity contribution is 0.242. The smallest absolute Gasteiger partial charge is 0.129 e. The quantitative estimate of drug-likeness (QED) is 0.115. The fourth-order valence-electron chi connectivity index (χ4n) is 6.21. The molecule has 0 spiro atoms. The minimum atomic E-state index is -0.737. The molecule has 45 heavy (non-hydrogen) atoms. The maximum atomic E-state index is 9.61. The average Bonchev–Trinajstić information content (AvgIpc) is 3.08. The molecule has 0 saturated carbocycles. The zero-order valence-corrected chi connectivity index (χ0v) is 26.2. The molecule has 6 nitrogen and oxygen atoms in total. The molecule has 4 aromatic carbocycles. The van der Waals surface area contributed by atoms with Crippen LogP contribution in [0.2, 0.25) is 0 Å². The number of rotatable bonds is 10. The van der Waals surface area contributed by atoms with Crippen LogP contribution in [-0.2, 0) is 5.54 Å². The van der Waals surface area contributed by atoms with E-state index in [1.165, 1.54) is 0 Å². The number of anilines is 2. The highest BCUT2D eigenvalue weighted by molar-refractivity contribution is 6.14. The molecule has 1 fully saturated rings. The first-order valence-corrected chi connectivity index (χ1v) is 15.7. The van der Waals surface area contributed by atoms with Gasteiger partial charge in [0.25, 0.3) is 0 Å². The van der Waals surface area contributed by atoms with Crippen LogP contribution in [0.25, 0.3) is 0 Å². The van der Waals surface area contributed by atoms with E-state index in [2.05, 4.69) is 95.3 Å². The number of nitrogens with one attached hydrogen (secondary N) is 3. The summed E-state index contributed by atoms with van der Waals surface area (Å²) in [6.07, 6.45) is 1.82. The van der Waals surface area contributed by atoms with Crippen molar-refractivity contribution in [1.29, 1.82) is 5.41 Å². The van der Waals surface area contributed by atoms with Gasteiger partial charge in [0.1, 0.15) is 17.1 Å². The maximum absolute atomic E-state index is 9.61. The number of benzene rings is 4. The standard InChI is InChI=1S/C39H41N5O/c1-28(2)45-34-19-20-36(35(26-34)38(40)30-21-22-42-37(25-30)44-24-23-41-29(3)27-44)43-39(31-13-7-4-8-14-31,32-15-9-5-10-16-32)33-17-11-6-12-18-33/h4-22,25-26,28-29,40-41,43H,23-24,27H2,1-3H3. The van der Waals surface area contributed by atoms with Gasteiger partial charge < -0.3 is 20.3 Å². The van der Waals surface area contributed by atoms with Gasteiger partial charge in [0.15, 0.2) is 0 Å². The third-order valence-corrected chi connectivity index (χ3v) is 8.30. The van der Waals surface area contributed by atoms with E-state index in [1.807, 2.05) is 68.6 Å². The first-order valence-electron chi connectivity index (χ1n) is 15.7. The van der Waals surface area contributed by atoms with Crippen molar-refractivity contribution in [2.24, 2.45) is 0 Å². The molecule has 1 atom stereocenters. The first-order chi connectivity index (χ1) is 21.9. The third kappa shape index (κ3) is 6.47. The summed E-state index contributed by atoms with van der Waals surface area (Å²) in [5.41, 5.74) is 5.36. The van der Waals surface area contributed by atoms with Crippen LogP contribution < -0.4 is 20.3 Å². The van der Waals surface area contributed by atoms with Crippen LogP contribution in [0, 0.1) is 5.41 Å². The molecule has 0 bridgehead atoms. The largest absolute Gasteiger partial charge is 0.491 e. The summed E-state index contributed by atoms with van der Waals surface area (Å²) in [5, 5.41) is 17.1. The Morgan fingerprint density at radius 1 is 0.867 bits per heavy atom. The number of hydrogen-bond donors (Lipinski definition) is 3. The van der Waals surface area contributed by atoms with Gasteiger partial charge in [0.05, 0.1) is 11.8 Å². The van der Waals surface area contributed by atoms with E-state index >= 15 is 0 Å². The van der Waals surface area contributed by atoms with Crippen molar-refractivity contribution in [3.05, 3.63) is 155 Å². The third-order valence-electron chi connectivity index (χ3n) is 8.30. The maximum Gasteiger partial charge on any atom is 0.129 e. The van der Waals surface area contributed by atoms with E-state index in [9.17, 15) is 5.41 Å². The van der Waals surface area contributed by atoms with E-state index in [1.54, 1.807) is 0 Å². The zero-order valence-electron chi connectivity index (χ0n) is 26.2. The van der Waals surface area contributed by atoms with Crippen molar-refractivity contribution in [2.45, 2.75) is 38.5 Å². The van der Waals surface area contributed by atoms with E-state index in [4.69, 9.17) is 9.72 Å². The normalized spacial score (nSPS) is 15.1. The zero-order chi connectivity index (χ0) is 31.2. The van der Waals surface area contributed by atoms with Crippen LogP contribution in [0.15, 0.2) is 128 Å². The van der Waals surface area contributed by atoms with Gasteiger partial charge in [-0.25, -0.2) is 4.98 Å². The molecule has 0 aliphatic carbocycles. The molecule has 6 rings (SSSR count). The number of pyridine rings is 1. The Balaban J connectivity index is 1.50. The van der Waals surface area contributed by atoms with Gasteiger partial charge in [-0.2, -0.15) is 0 Å². The SMILES string of the molecule is CC1CN(c2cc(C(=N)c3cc(OC(C)C)ccc3NC(c3ccccc3)(c3ccccc3)c3ccccc3)ccn2)CCN1. The van der Waals surface area contributed by atoms with Gasteiger partial charge in [0, 0.05) is 48.7 Å². The van der Waals surface area contributed by atoms with E-state index in [0.29, 0.717) is 11.8 Å². The number of aromatic nitrogens is 1. The Morgan fingerprint density at radius 3 is 2.02 bits per heavy atom. The number of hydrogen-bond acceptors (Lipinski definition) is 6. The van der Waals surface area contributed by atoms with E-state index < -0.39 is 5.54 Å². The predicted molar refractivity (Wildman–Crippen MR) is 185 cm³/mol. The molecule has 5 aromatic rings. The van der Waals surface area contributed by atoms with Crippen molar-refractivity contribution in [3.8, 4) is 5.75 Å². The molecule has 1 unspecified atom stereocenters. The molecule has 0 radical (unpaired) electrons. The Bertz CT molecular complexity index is 1630. The Labute approximate surface area is 266 Å². The first kappa shape index (κ1) is 30.1. The molecule has 6 heteroatoms. The minimum Gasteiger partial charge on any atom is -0.491 e. The van der Waals surface area contributed by atoms with Crippen molar-refractivity contribution in [3.63, 3.8) is 0 Å². The van der Waals surface area contributed by atoms with Crippen molar-refractivity contribution in [1.82, 2.24) is 10.3 Å². The average molecular weight is 596 g/mol. The van der Waals surface area contributed by atoms with Gasteiger partial charge in [-0.15, -0.1) is 0 Å². The number of nitrogens with zero attached hydrogens (tertiary/aromatic N) is 2. The predicted octanol–water partition coefficient (Wildman–Crippen LogP) is 7.49. The molecule has 1 aliphatic rings. The highest BCUT2D eigenvalue weighted by Crippen LogP contribution is 2.41. The summed E-state index contributed by atoms with van der Waals surface area (Å²) in [5.74, 6) is 1.62. The number of ether oxygens (including phenoxy) is 1. The summed E-state index contributed by atoms with van der Waals surface area (Å²) >= 11 is 0. The lowest BCUT2D eigenvalue weighted by Gasteiger charge is -2.38. The minimum absolute atomic E-state index is 0.00474. The van der Waals surface area contributed by atoms with Gasteiger partial charge in [-0.3, -0.25) is 5.41 Å². The fraction of sp³-hybridized carbons (Fsp3) is 0.231. The van der Waals surface area contributed by atoms with Crippen molar-refractivity contribution in [2.75, 3.05) is 29.9 Å². The van der Waals surface area contributed by atoms with Crippen LogP contribution >= 0.6 is 0 Å².